The van der Waals surface area contributed by atoms with Crippen molar-refractivity contribution in [2.24, 2.45) is 0 Å². The summed E-state index contributed by atoms with van der Waals surface area (Å²) in [6, 6.07) is 26.7. The number of benzene rings is 4. The number of halogens is 1. The highest BCUT2D eigenvalue weighted by molar-refractivity contribution is 6.25. The average Bonchev–Trinajstić information content (AvgIpc) is 4.17. The number of hydrogen-bond donors (Lipinski definition) is 6. The van der Waals surface area contributed by atoms with Crippen LogP contribution in [0.15, 0.2) is 103 Å². The van der Waals surface area contributed by atoms with E-state index in [2.05, 4.69) is 26.3 Å². The van der Waals surface area contributed by atoms with Gasteiger partial charge in [-0.05, 0) is 129 Å². The first-order chi connectivity index (χ1) is 37.7. The zero-order chi connectivity index (χ0) is 55.3. The smallest absolute Gasteiger partial charge is 0.305 e. The van der Waals surface area contributed by atoms with E-state index in [0.29, 0.717) is 63.9 Å². The Labute approximate surface area is 452 Å². The van der Waals surface area contributed by atoms with Crippen LogP contribution in [0, 0.1) is 5.82 Å². The van der Waals surface area contributed by atoms with Crippen molar-refractivity contribution in [1.29, 1.82) is 0 Å². The summed E-state index contributed by atoms with van der Waals surface area (Å²) in [5, 5.41) is 47.9. The molecule has 18 nitrogen and oxygen atoms in total. The van der Waals surface area contributed by atoms with Gasteiger partial charge in [0.1, 0.15) is 17.6 Å². The number of aromatic nitrogens is 4. The van der Waals surface area contributed by atoms with Gasteiger partial charge in [-0.1, -0.05) is 74.7 Å². The lowest BCUT2D eigenvalue weighted by molar-refractivity contribution is -0.140. The van der Waals surface area contributed by atoms with E-state index >= 15 is 0 Å². The standard InChI is InChI=1S/C59H67FN8O10/c1-37(2)54-53(57(75)62-41-16-7-6-8-17-41)51(55(38-22-24-40(60)25-23-38)67(54)31-28-43(69)34-44(70)35-50(72)73)39-15-13-19-45(33-39)78-32-12-9-18-42-36-66(65-64-42)30-11-5-3-4-10-29-61-47-21-14-20-46-52(47)59(77)68(58(46)76)48-26-27-49(71)63-56(48)74/h6-8,13-17,19-25,33,36-37,43-44,48,61,69-70H,3-5,9-12,18,26-32,34-35H2,1-2H3,(H,62,75)(H,72,73)(H,63,71,74)/t43-,44-,48?/m1/s1. The number of rotatable bonds is 28. The maximum absolute atomic E-state index is 14.7. The molecule has 0 spiro atoms. The van der Waals surface area contributed by atoms with Gasteiger partial charge >= 0.3 is 5.97 Å². The van der Waals surface area contributed by atoms with Gasteiger partial charge in [0.2, 0.25) is 11.8 Å². The molecule has 5 amide bonds. The van der Waals surface area contributed by atoms with E-state index in [4.69, 9.17) is 4.74 Å². The Morgan fingerprint density at radius 1 is 0.821 bits per heavy atom. The number of anilines is 2. The van der Waals surface area contributed by atoms with Crippen molar-refractivity contribution >= 4 is 46.9 Å². The van der Waals surface area contributed by atoms with Crippen molar-refractivity contribution in [1.82, 2.24) is 29.8 Å². The number of carbonyl (C=O) groups excluding carboxylic acids is 5. The SMILES string of the molecule is CC(C)c1c(C(=O)Nc2ccccc2)c(-c2cccc(OCCCCc3cn(CCCCCCCNc4cccc5c4C(=O)N(C4CCC(=O)NC4=O)C5=O)nn3)c2)c(-c2ccc(F)cc2)n1CC[C@@H](O)C[C@@H](O)CC(=O)O. The van der Waals surface area contributed by atoms with Crippen molar-refractivity contribution in [3.63, 3.8) is 0 Å². The molecule has 1 saturated heterocycles. The van der Waals surface area contributed by atoms with Crippen molar-refractivity contribution in [2.45, 2.75) is 135 Å². The predicted molar refractivity (Wildman–Crippen MR) is 290 cm³/mol. The molecule has 2 aromatic heterocycles. The molecule has 2 aliphatic rings. The minimum atomic E-state index is -1.24. The minimum Gasteiger partial charge on any atom is -0.494 e. The number of aliphatic hydroxyl groups is 2. The third-order valence-electron chi connectivity index (χ3n) is 14.0. The first kappa shape index (κ1) is 56.2. The number of aliphatic hydroxyl groups excluding tert-OH is 2. The van der Waals surface area contributed by atoms with Crippen LogP contribution in [0.2, 0.25) is 0 Å². The second kappa shape index (κ2) is 26.3. The lowest BCUT2D eigenvalue weighted by atomic mass is 9.94. The number of aliphatic carboxylic acids is 1. The topological polar surface area (TPSA) is 247 Å². The Bertz CT molecular complexity index is 3100. The van der Waals surface area contributed by atoms with Gasteiger partial charge in [0.15, 0.2) is 0 Å². The van der Waals surface area contributed by atoms with Crippen LogP contribution in [0.1, 0.15) is 139 Å². The number of para-hydroxylation sites is 1. The molecule has 3 atom stereocenters. The minimum absolute atomic E-state index is 0.0630. The van der Waals surface area contributed by atoms with Gasteiger partial charge in [-0.25, -0.2) is 4.39 Å². The summed E-state index contributed by atoms with van der Waals surface area (Å²) >= 11 is 0. The summed E-state index contributed by atoms with van der Waals surface area (Å²) in [7, 11) is 0. The largest absolute Gasteiger partial charge is 0.494 e. The van der Waals surface area contributed by atoms with Crippen molar-refractivity contribution in [2.75, 3.05) is 23.8 Å². The molecule has 0 radical (unpaired) electrons. The highest BCUT2D eigenvalue weighted by Gasteiger charge is 2.45. The van der Waals surface area contributed by atoms with E-state index in [-0.39, 0.29) is 55.2 Å². The molecule has 78 heavy (non-hydrogen) atoms. The number of carboxylic acids is 1. The van der Waals surface area contributed by atoms with Gasteiger partial charge in [-0.2, -0.15) is 0 Å². The van der Waals surface area contributed by atoms with Crippen molar-refractivity contribution in [3.05, 3.63) is 137 Å². The molecule has 0 saturated carbocycles. The van der Waals surface area contributed by atoms with Crippen LogP contribution in [-0.2, 0) is 33.9 Å². The number of unbranched alkanes of at least 4 members (excludes halogenated alkanes) is 5. The van der Waals surface area contributed by atoms with Crippen LogP contribution in [0.4, 0.5) is 15.8 Å². The van der Waals surface area contributed by atoms with Crippen LogP contribution in [0.3, 0.4) is 0 Å². The fourth-order valence-electron chi connectivity index (χ4n) is 10.3. The van der Waals surface area contributed by atoms with Gasteiger partial charge < -0.3 is 35.3 Å². The molecule has 4 aromatic carbocycles. The fourth-order valence-corrected chi connectivity index (χ4v) is 10.3. The first-order valence-electron chi connectivity index (χ1n) is 26.8. The summed E-state index contributed by atoms with van der Waals surface area (Å²) < 4.78 is 24.7. The molecule has 0 aliphatic carbocycles. The molecular weight excluding hydrogens is 1000 g/mol. The molecule has 410 valence electrons. The molecule has 0 bridgehead atoms. The Balaban J connectivity index is 0.840. The zero-order valence-corrected chi connectivity index (χ0v) is 44.0. The maximum Gasteiger partial charge on any atom is 0.305 e. The van der Waals surface area contributed by atoms with Gasteiger partial charge in [0.25, 0.3) is 17.7 Å². The Hall–Kier alpha value is -8.03. The number of carbonyl (C=O) groups is 6. The number of hydrogen-bond acceptors (Lipinski definition) is 12. The second-order valence-electron chi connectivity index (χ2n) is 20.2. The van der Waals surface area contributed by atoms with Gasteiger partial charge in [-0.15, -0.1) is 5.10 Å². The summed E-state index contributed by atoms with van der Waals surface area (Å²) in [5.74, 6) is -3.70. The van der Waals surface area contributed by atoms with E-state index in [0.717, 1.165) is 68.5 Å². The van der Waals surface area contributed by atoms with Gasteiger partial charge in [-0.3, -0.25) is 43.7 Å². The monoisotopic (exact) mass is 1070 g/mol. The summed E-state index contributed by atoms with van der Waals surface area (Å²) in [4.78, 5) is 77.6. The van der Waals surface area contributed by atoms with Crippen LogP contribution < -0.4 is 20.7 Å². The fraction of sp³-hybridized carbons (Fsp3) is 0.390. The van der Waals surface area contributed by atoms with Gasteiger partial charge in [0.05, 0.1) is 53.3 Å². The predicted octanol–water partition coefficient (Wildman–Crippen LogP) is 8.77. The molecule has 4 heterocycles. The zero-order valence-electron chi connectivity index (χ0n) is 44.0. The molecular formula is C59H67FN8O10. The number of amides is 5. The van der Waals surface area contributed by atoms with Crippen molar-refractivity contribution in [3.8, 4) is 28.1 Å². The number of ether oxygens (including phenoxy) is 1. The molecule has 2 aliphatic heterocycles. The molecule has 8 rings (SSSR count). The average molecular weight is 1070 g/mol. The first-order valence-corrected chi connectivity index (χ1v) is 26.8. The van der Waals surface area contributed by atoms with Crippen LogP contribution in [0.25, 0.3) is 22.4 Å². The molecule has 1 unspecified atom stereocenters. The summed E-state index contributed by atoms with van der Waals surface area (Å²) in [5.41, 5.74) is 6.16. The summed E-state index contributed by atoms with van der Waals surface area (Å²) in [6.45, 7) is 5.90. The number of nitrogens with zero attached hydrogens (tertiary/aromatic N) is 5. The van der Waals surface area contributed by atoms with E-state index < -0.39 is 60.1 Å². The number of carboxylic acid groups (broad SMARTS) is 1. The maximum atomic E-state index is 14.7. The van der Waals surface area contributed by atoms with Gasteiger partial charge in [0, 0.05) is 54.9 Å². The lowest BCUT2D eigenvalue weighted by Gasteiger charge is -2.27. The molecule has 6 aromatic rings. The highest BCUT2D eigenvalue weighted by atomic mass is 19.1. The van der Waals surface area contributed by atoms with Crippen LogP contribution in [0.5, 0.6) is 5.75 Å². The van der Waals surface area contributed by atoms with E-state index in [1.807, 2.05) is 71.8 Å². The lowest BCUT2D eigenvalue weighted by Crippen LogP contribution is -2.54. The number of nitrogens with one attached hydrogen (secondary N) is 3. The van der Waals surface area contributed by atoms with E-state index in [1.165, 1.54) is 12.1 Å². The highest BCUT2D eigenvalue weighted by Crippen LogP contribution is 2.44. The number of aryl methyl sites for hydroxylation is 2. The molecule has 19 heteroatoms. The number of imide groups is 2. The van der Waals surface area contributed by atoms with Crippen molar-refractivity contribution < 1.29 is 53.2 Å². The normalized spacial score (nSPS) is 15.1. The third kappa shape index (κ3) is 13.9. The number of piperidine rings is 1. The molecule has 6 N–H and O–H groups in total. The van der Waals surface area contributed by atoms with Crippen LogP contribution >= 0.6 is 0 Å². The third-order valence-corrected chi connectivity index (χ3v) is 14.0. The summed E-state index contributed by atoms with van der Waals surface area (Å²) in [6.07, 6.45) is 6.33. The van der Waals surface area contributed by atoms with Crippen LogP contribution in [-0.4, -0.2) is 107 Å². The quantitative estimate of drug-likeness (QED) is 0.0199. The Morgan fingerprint density at radius 3 is 2.33 bits per heavy atom. The number of fused-ring (bicyclic) bond motifs is 1. The Morgan fingerprint density at radius 2 is 1.58 bits per heavy atom. The second-order valence-corrected chi connectivity index (χ2v) is 20.2. The van der Waals surface area contributed by atoms with E-state index in [1.54, 1.807) is 42.5 Å². The molecule has 1 fully saturated rings. The van der Waals surface area contributed by atoms with E-state index in [9.17, 15) is 48.5 Å². The Kier molecular flexibility index (Phi) is 19.0.